The van der Waals surface area contributed by atoms with Gasteiger partial charge in [0.1, 0.15) is 12.1 Å². The van der Waals surface area contributed by atoms with Crippen molar-refractivity contribution in [1.82, 2.24) is 14.8 Å². The third kappa shape index (κ3) is 3.20. The van der Waals surface area contributed by atoms with E-state index in [1.807, 2.05) is 41.9 Å². The quantitative estimate of drug-likeness (QED) is 0.750. The van der Waals surface area contributed by atoms with Crippen molar-refractivity contribution in [2.75, 3.05) is 11.9 Å². The average Bonchev–Trinajstić information content (AvgIpc) is 3.10. The van der Waals surface area contributed by atoms with Crippen LogP contribution in [0.2, 0.25) is 5.02 Å². The molecule has 5 nitrogen and oxygen atoms in total. The van der Waals surface area contributed by atoms with Gasteiger partial charge in [-0.3, -0.25) is 0 Å². The van der Waals surface area contributed by atoms with Crippen molar-refractivity contribution in [3.05, 3.63) is 71.0 Å². The lowest BCUT2D eigenvalue weighted by Gasteiger charge is -2.32. The van der Waals surface area contributed by atoms with E-state index in [0.29, 0.717) is 6.61 Å². The van der Waals surface area contributed by atoms with Crippen LogP contribution in [0.4, 0.5) is 5.95 Å². The van der Waals surface area contributed by atoms with Gasteiger partial charge < -0.3 is 10.1 Å². The monoisotopic (exact) mass is 354 g/mol. The van der Waals surface area contributed by atoms with Crippen molar-refractivity contribution in [3.8, 4) is 5.75 Å². The summed E-state index contributed by atoms with van der Waals surface area (Å²) in [6.45, 7) is 2.65. The zero-order chi connectivity index (χ0) is 17.2. The molecule has 2 atom stereocenters. The van der Waals surface area contributed by atoms with Gasteiger partial charge >= 0.3 is 0 Å². The molecule has 25 heavy (non-hydrogen) atoms. The molecular weight excluding hydrogens is 336 g/mol. The van der Waals surface area contributed by atoms with Crippen LogP contribution in [0.15, 0.2) is 54.9 Å². The highest BCUT2D eigenvalue weighted by Gasteiger charge is 2.29. The van der Waals surface area contributed by atoms with Gasteiger partial charge in [-0.2, -0.15) is 10.1 Å². The van der Waals surface area contributed by atoms with Crippen LogP contribution in [0.3, 0.4) is 0 Å². The Bertz CT molecular complexity index is 862. The first-order valence-electron chi connectivity index (χ1n) is 8.39. The number of ether oxygens (including phenoxy) is 1. The largest absolute Gasteiger partial charge is 0.494 e. The summed E-state index contributed by atoms with van der Waals surface area (Å²) in [6, 6.07) is 16.4. The number of hydrogen-bond donors (Lipinski definition) is 1. The molecule has 0 unspecified atom stereocenters. The lowest BCUT2D eigenvalue weighted by Crippen LogP contribution is -2.28. The van der Waals surface area contributed by atoms with E-state index in [4.69, 9.17) is 16.3 Å². The van der Waals surface area contributed by atoms with Gasteiger partial charge in [-0.05, 0) is 48.7 Å². The fraction of sp³-hybridized carbons (Fsp3) is 0.263. The van der Waals surface area contributed by atoms with Crippen LogP contribution in [0.5, 0.6) is 5.75 Å². The van der Waals surface area contributed by atoms with E-state index in [-0.39, 0.29) is 12.1 Å². The summed E-state index contributed by atoms with van der Waals surface area (Å²) >= 11 is 6.19. The predicted molar refractivity (Wildman–Crippen MR) is 98.2 cm³/mol. The Morgan fingerprint density at radius 3 is 2.80 bits per heavy atom. The molecular formula is C19H19ClN4O. The Balaban J connectivity index is 1.66. The van der Waals surface area contributed by atoms with Crippen molar-refractivity contribution in [2.24, 2.45) is 0 Å². The molecule has 0 fully saturated rings. The molecule has 0 spiro atoms. The van der Waals surface area contributed by atoms with E-state index in [1.54, 1.807) is 6.33 Å². The third-order valence-electron chi connectivity index (χ3n) is 4.46. The van der Waals surface area contributed by atoms with Gasteiger partial charge in [0.25, 0.3) is 0 Å². The molecule has 4 rings (SSSR count). The SMILES string of the molecule is CCOc1ccc([C@@H]2C[C@H](c3cccc(Cl)c3)n3ncnc3N2)cc1. The lowest BCUT2D eigenvalue weighted by atomic mass is 9.93. The molecule has 1 aliphatic heterocycles. The van der Waals surface area contributed by atoms with Gasteiger partial charge in [0.05, 0.1) is 18.7 Å². The van der Waals surface area contributed by atoms with E-state index in [9.17, 15) is 0 Å². The summed E-state index contributed by atoms with van der Waals surface area (Å²) in [5, 5.41) is 8.60. The van der Waals surface area contributed by atoms with Gasteiger partial charge in [-0.25, -0.2) is 4.68 Å². The first-order chi connectivity index (χ1) is 12.2. The highest BCUT2D eigenvalue weighted by atomic mass is 35.5. The smallest absolute Gasteiger partial charge is 0.222 e. The predicted octanol–water partition coefficient (Wildman–Crippen LogP) is 4.48. The van der Waals surface area contributed by atoms with E-state index < -0.39 is 0 Å². The Hall–Kier alpha value is -2.53. The first-order valence-corrected chi connectivity index (χ1v) is 8.76. The van der Waals surface area contributed by atoms with Crippen LogP contribution >= 0.6 is 11.6 Å². The van der Waals surface area contributed by atoms with Crippen molar-refractivity contribution < 1.29 is 4.74 Å². The zero-order valence-corrected chi connectivity index (χ0v) is 14.6. The average molecular weight is 355 g/mol. The second kappa shape index (κ2) is 6.76. The number of nitrogens with zero attached hydrogens (tertiary/aromatic N) is 3. The molecule has 0 bridgehead atoms. The Labute approximate surface area is 151 Å². The van der Waals surface area contributed by atoms with Crippen LogP contribution < -0.4 is 10.1 Å². The van der Waals surface area contributed by atoms with Crippen LogP contribution in [-0.4, -0.2) is 21.4 Å². The Kier molecular flexibility index (Phi) is 4.32. The maximum atomic E-state index is 6.19. The highest BCUT2D eigenvalue weighted by Crippen LogP contribution is 2.38. The second-order valence-electron chi connectivity index (χ2n) is 6.03. The van der Waals surface area contributed by atoms with Crippen molar-refractivity contribution in [3.63, 3.8) is 0 Å². The molecule has 0 amide bonds. The van der Waals surface area contributed by atoms with Gasteiger partial charge in [0, 0.05) is 5.02 Å². The number of fused-ring (bicyclic) bond motifs is 1. The number of rotatable bonds is 4. The van der Waals surface area contributed by atoms with Gasteiger partial charge in [0.15, 0.2) is 0 Å². The Morgan fingerprint density at radius 1 is 1.20 bits per heavy atom. The molecule has 1 aromatic heterocycles. The van der Waals surface area contributed by atoms with Crippen LogP contribution in [0.1, 0.15) is 36.6 Å². The zero-order valence-electron chi connectivity index (χ0n) is 13.9. The van der Waals surface area contributed by atoms with Gasteiger partial charge in [0.2, 0.25) is 5.95 Å². The minimum absolute atomic E-state index is 0.0917. The maximum Gasteiger partial charge on any atom is 0.222 e. The molecule has 3 aromatic rings. The number of aromatic nitrogens is 3. The molecule has 6 heteroatoms. The fourth-order valence-corrected chi connectivity index (χ4v) is 3.49. The lowest BCUT2D eigenvalue weighted by molar-refractivity contribution is 0.340. The number of anilines is 1. The number of hydrogen-bond acceptors (Lipinski definition) is 4. The van der Waals surface area contributed by atoms with Crippen molar-refractivity contribution in [1.29, 1.82) is 0 Å². The standard InChI is InChI=1S/C19H19ClN4O/c1-2-25-16-8-6-13(7-9-16)17-11-18(14-4-3-5-15(20)10-14)24-19(23-17)21-12-22-24/h3-10,12,17-18H,2,11H2,1H3,(H,21,22,23)/t17-,18+/m0/s1. The number of nitrogens with one attached hydrogen (secondary N) is 1. The summed E-state index contributed by atoms with van der Waals surface area (Å²) in [4.78, 5) is 4.36. The molecule has 2 aromatic carbocycles. The van der Waals surface area contributed by atoms with E-state index in [0.717, 1.165) is 28.7 Å². The molecule has 0 saturated carbocycles. The Morgan fingerprint density at radius 2 is 2.04 bits per heavy atom. The molecule has 0 aliphatic carbocycles. The topological polar surface area (TPSA) is 52.0 Å². The second-order valence-corrected chi connectivity index (χ2v) is 6.47. The summed E-state index contributed by atoms with van der Waals surface area (Å²) in [5.41, 5.74) is 2.33. The maximum absolute atomic E-state index is 6.19. The molecule has 128 valence electrons. The third-order valence-corrected chi connectivity index (χ3v) is 4.69. The molecule has 1 N–H and O–H groups in total. The summed E-state index contributed by atoms with van der Waals surface area (Å²) in [5.74, 6) is 1.66. The van der Waals surface area contributed by atoms with Gasteiger partial charge in [-0.15, -0.1) is 0 Å². The first kappa shape index (κ1) is 16.0. The fourth-order valence-electron chi connectivity index (χ4n) is 3.29. The highest BCUT2D eigenvalue weighted by molar-refractivity contribution is 6.30. The van der Waals surface area contributed by atoms with Crippen molar-refractivity contribution in [2.45, 2.75) is 25.4 Å². The minimum atomic E-state index is 0.0917. The normalized spacial score (nSPS) is 19.1. The van der Waals surface area contributed by atoms with Crippen molar-refractivity contribution >= 4 is 17.5 Å². The summed E-state index contributed by atoms with van der Waals surface area (Å²) < 4.78 is 7.46. The molecule has 0 saturated heterocycles. The number of benzene rings is 2. The van der Waals surface area contributed by atoms with E-state index in [1.165, 1.54) is 5.56 Å². The van der Waals surface area contributed by atoms with Crippen LogP contribution in [0.25, 0.3) is 0 Å². The van der Waals surface area contributed by atoms with Crippen LogP contribution in [-0.2, 0) is 0 Å². The molecule has 0 radical (unpaired) electrons. The van der Waals surface area contributed by atoms with E-state index >= 15 is 0 Å². The molecule has 1 aliphatic rings. The summed E-state index contributed by atoms with van der Waals surface area (Å²) in [7, 11) is 0. The van der Waals surface area contributed by atoms with Crippen LogP contribution in [0, 0.1) is 0 Å². The number of halogens is 1. The summed E-state index contributed by atoms with van der Waals surface area (Å²) in [6.07, 6.45) is 2.45. The molecule has 2 heterocycles. The van der Waals surface area contributed by atoms with Gasteiger partial charge in [-0.1, -0.05) is 35.9 Å². The minimum Gasteiger partial charge on any atom is -0.494 e. The van der Waals surface area contributed by atoms with E-state index in [2.05, 4.69) is 33.6 Å².